The molecule has 4 heteroatoms. The fourth-order valence-electron chi connectivity index (χ4n) is 1.70. The van der Waals surface area contributed by atoms with E-state index in [9.17, 15) is 4.79 Å². The summed E-state index contributed by atoms with van der Waals surface area (Å²) < 4.78 is 0. The molecule has 1 heterocycles. The van der Waals surface area contributed by atoms with E-state index in [1.807, 2.05) is 43.3 Å². The molecule has 0 saturated heterocycles. The Morgan fingerprint density at radius 3 is 2.65 bits per heavy atom. The summed E-state index contributed by atoms with van der Waals surface area (Å²) in [6, 6.07) is 15.9. The normalized spacial score (nSPS) is 11.8. The molecule has 0 fully saturated rings. The maximum atomic E-state index is 12.0. The molecule has 1 aromatic heterocycles. The average molecular weight is 286 g/mol. The molecule has 0 aliphatic carbocycles. The number of rotatable bonds is 6. The highest BCUT2D eigenvalue weighted by atomic mass is 32.2. The molecule has 0 unspecified atom stereocenters. The lowest BCUT2D eigenvalue weighted by Crippen LogP contribution is -2.30. The van der Waals surface area contributed by atoms with Gasteiger partial charge in [0.15, 0.2) is 0 Å². The van der Waals surface area contributed by atoms with E-state index in [4.69, 9.17) is 0 Å². The third kappa shape index (κ3) is 4.70. The van der Waals surface area contributed by atoms with Crippen molar-refractivity contribution in [3.63, 3.8) is 0 Å². The summed E-state index contributed by atoms with van der Waals surface area (Å²) in [7, 11) is 0. The predicted molar refractivity (Wildman–Crippen MR) is 83.3 cm³/mol. The summed E-state index contributed by atoms with van der Waals surface area (Å²) in [6.45, 7) is 2.41. The Kier molecular flexibility index (Phi) is 5.62. The van der Waals surface area contributed by atoms with Crippen molar-refractivity contribution in [2.24, 2.45) is 0 Å². The van der Waals surface area contributed by atoms with Gasteiger partial charge >= 0.3 is 0 Å². The number of amides is 1. The minimum atomic E-state index is -0.0704. The molecule has 1 amide bonds. The van der Waals surface area contributed by atoms with Gasteiger partial charge in [-0.15, -0.1) is 11.8 Å². The van der Waals surface area contributed by atoms with E-state index in [2.05, 4.69) is 22.4 Å². The van der Waals surface area contributed by atoms with Crippen LogP contribution in [0.15, 0.2) is 54.7 Å². The van der Waals surface area contributed by atoms with Gasteiger partial charge < -0.3 is 5.32 Å². The number of pyridine rings is 1. The third-order valence-electron chi connectivity index (χ3n) is 2.88. The second-order valence-corrected chi connectivity index (χ2v) is 5.81. The second-order valence-electron chi connectivity index (χ2n) is 4.48. The first-order valence-corrected chi connectivity index (χ1v) is 7.64. The molecule has 2 aromatic rings. The topological polar surface area (TPSA) is 42.0 Å². The van der Waals surface area contributed by atoms with Crippen molar-refractivity contribution in [1.29, 1.82) is 0 Å². The summed E-state index contributed by atoms with van der Waals surface area (Å²) in [4.78, 5) is 16.2. The molecule has 0 saturated carbocycles. The van der Waals surface area contributed by atoms with Gasteiger partial charge in [-0.2, -0.15) is 0 Å². The predicted octanol–water partition coefficient (Wildman–Crippen LogP) is 3.02. The number of nitrogens with zero attached hydrogens (tertiary/aromatic N) is 1. The molecule has 1 N–H and O–H groups in total. The molecular formula is C16H18N2OS. The van der Waals surface area contributed by atoms with Crippen LogP contribution in [-0.2, 0) is 17.1 Å². The van der Waals surface area contributed by atoms with Crippen LogP contribution in [0.2, 0.25) is 0 Å². The zero-order chi connectivity index (χ0) is 14.2. The van der Waals surface area contributed by atoms with Gasteiger partial charge in [-0.1, -0.05) is 36.4 Å². The Morgan fingerprint density at radius 1 is 1.20 bits per heavy atom. The Morgan fingerprint density at radius 2 is 1.95 bits per heavy atom. The average Bonchev–Trinajstić information content (AvgIpc) is 2.52. The van der Waals surface area contributed by atoms with Crippen LogP contribution in [0.5, 0.6) is 0 Å². The molecule has 0 aliphatic rings. The lowest BCUT2D eigenvalue weighted by atomic mass is 10.2. The van der Waals surface area contributed by atoms with Crippen molar-refractivity contribution >= 4 is 17.7 Å². The summed E-state index contributed by atoms with van der Waals surface area (Å²) in [5.41, 5.74) is 2.11. The fourth-order valence-corrected chi connectivity index (χ4v) is 2.56. The minimum absolute atomic E-state index is 0.0524. The fraction of sp³-hybridized carbons (Fsp3) is 0.250. The van der Waals surface area contributed by atoms with Crippen LogP contribution in [0.1, 0.15) is 18.2 Å². The summed E-state index contributed by atoms with van der Waals surface area (Å²) in [6.07, 6.45) is 1.73. The molecule has 104 valence electrons. The molecule has 3 nitrogen and oxygen atoms in total. The molecule has 1 atom stereocenters. The molecule has 1 aromatic carbocycles. The standard InChI is InChI=1S/C16H18N2OS/c1-13(20-12-14-7-3-2-4-8-14)16(19)18-11-15-9-5-6-10-17-15/h2-10,13H,11-12H2,1H3,(H,18,19)/t13-/m1/s1. The molecular weight excluding hydrogens is 268 g/mol. The van der Waals surface area contributed by atoms with Gasteiger partial charge in [0.05, 0.1) is 17.5 Å². The van der Waals surface area contributed by atoms with Crippen molar-refractivity contribution in [2.45, 2.75) is 24.5 Å². The smallest absolute Gasteiger partial charge is 0.233 e. The highest BCUT2D eigenvalue weighted by Gasteiger charge is 2.12. The SMILES string of the molecule is C[C@@H](SCc1ccccc1)C(=O)NCc1ccccn1. The van der Waals surface area contributed by atoms with Crippen LogP contribution in [0.25, 0.3) is 0 Å². The van der Waals surface area contributed by atoms with Crippen LogP contribution in [0, 0.1) is 0 Å². The first-order chi connectivity index (χ1) is 9.75. The van der Waals surface area contributed by atoms with Crippen LogP contribution in [0.3, 0.4) is 0 Å². The van der Waals surface area contributed by atoms with E-state index >= 15 is 0 Å². The van der Waals surface area contributed by atoms with Gasteiger partial charge in [-0.25, -0.2) is 0 Å². The summed E-state index contributed by atoms with van der Waals surface area (Å²) in [5, 5.41) is 2.84. The van der Waals surface area contributed by atoms with Crippen molar-refractivity contribution in [3.8, 4) is 0 Å². The third-order valence-corrected chi connectivity index (χ3v) is 4.10. The summed E-state index contributed by atoms with van der Waals surface area (Å²) in [5.74, 6) is 0.899. The number of hydrogen-bond acceptors (Lipinski definition) is 3. The van der Waals surface area contributed by atoms with Crippen molar-refractivity contribution in [1.82, 2.24) is 10.3 Å². The molecule has 0 aliphatic heterocycles. The highest BCUT2D eigenvalue weighted by Crippen LogP contribution is 2.17. The van der Waals surface area contributed by atoms with Gasteiger partial charge in [-0.3, -0.25) is 9.78 Å². The number of hydrogen-bond donors (Lipinski definition) is 1. The van der Waals surface area contributed by atoms with Crippen LogP contribution < -0.4 is 5.32 Å². The molecule has 0 spiro atoms. The van der Waals surface area contributed by atoms with Gasteiger partial charge in [0, 0.05) is 11.9 Å². The number of benzene rings is 1. The monoisotopic (exact) mass is 286 g/mol. The van der Waals surface area contributed by atoms with E-state index in [0.717, 1.165) is 11.4 Å². The zero-order valence-corrected chi connectivity index (χ0v) is 12.3. The number of carbonyl (C=O) groups excluding carboxylic acids is 1. The number of aromatic nitrogens is 1. The molecule has 2 rings (SSSR count). The number of thioether (sulfide) groups is 1. The maximum Gasteiger partial charge on any atom is 0.233 e. The Balaban J connectivity index is 1.75. The van der Waals surface area contributed by atoms with Crippen LogP contribution in [0.4, 0.5) is 0 Å². The minimum Gasteiger partial charge on any atom is -0.349 e. The maximum absolute atomic E-state index is 12.0. The van der Waals surface area contributed by atoms with Gasteiger partial charge in [0.2, 0.25) is 5.91 Å². The van der Waals surface area contributed by atoms with Gasteiger partial charge in [0.25, 0.3) is 0 Å². The van der Waals surface area contributed by atoms with Crippen LogP contribution >= 0.6 is 11.8 Å². The number of carbonyl (C=O) groups is 1. The van der Waals surface area contributed by atoms with Crippen molar-refractivity contribution in [3.05, 3.63) is 66.0 Å². The van der Waals surface area contributed by atoms with Gasteiger partial charge in [0.1, 0.15) is 0 Å². The summed E-state index contributed by atoms with van der Waals surface area (Å²) >= 11 is 1.64. The van der Waals surface area contributed by atoms with E-state index in [1.165, 1.54) is 5.56 Å². The largest absolute Gasteiger partial charge is 0.349 e. The van der Waals surface area contributed by atoms with E-state index < -0.39 is 0 Å². The van der Waals surface area contributed by atoms with E-state index in [1.54, 1.807) is 18.0 Å². The Bertz CT molecular complexity index is 531. The quantitative estimate of drug-likeness (QED) is 0.887. The molecule has 0 bridgehead atoms. The van der Waals surface area contributed by atoms with Gasteiger partial charge in [-0.05, 0) is 24.6 Å². The zero-order valence-electron chi connectivity index (χ0n) is 11.5. The van der Waals surface area contributed by atoms with Crippen molar-refractivity contribution < 1.29 is 4.79 Å². The van der Waals surface area contributed by atoms with E-state index in [0.29, 0.717) is 6.54 Å². The van der Waals surface area contributed by atoms with Crippen LogP contribution in [-0.4, -0.2) is 16.1 Å². The Labute approximate surface area is 123 Å². The Hall–Kier alpha value is -1.81. The van der Waals surface area contributed by atoms with Crippen molar-refractivity contribution in [2.75, 3.05) is 0 Å². The lowest BCUT2D eigenvalue weighted by molar-refractivity contribution is -0.120. The van der Waals surface area contributed by atoms with E-state index in [-0.39, 0.29) is 11.2 Å². The lowest BCUT2D eigenvalue weighted by Gasteiger charge is -2.11. The highest BCUT2D eigenvalue weighted by molar-refractivity contribution is 7.99. The first-order valence-electron chi connectivity index (χ1n) is 6.59. The number of nitrogens with one attached hydrogen (secondary N) is 1. The second kappa shape index (κ2) is 7.70. The molecule has 0 radical (unpaired) electrons. The molecule has 20 heavy (non-hydrogen) atoms. The first kappa shape index (κ1) is 14.6.